The van der Waals surface area contributed by atoms with Crippen LogP contribution in [0.1, 0.15) is 22.5 Å². The van der Waals surface area contributed by atoms with Crippen molar-refractivity contribution in [2.24, 2.45) is 0 Å². The van der Waals surface area contributed by atoms with Crippen molar-refractivity contribution >= 4 is 27.5 Å². The number of thioether (sulfide) groups is 1. The average molecular weight is 483 g/mol. The molecule has 7 nitrogen and oxygen atoms in total. The topological polar surface area (TPSA) is 85.2 Å². The van der Waals surface area contributed by atoms with Gasteiger partial charge in [0.25, 0.3) is 0 Å². The van der Waals surface area contributed by atoms with Crippen molar-refractivity contribution in [2.45, 2.75) is 42.2 Å². The van der Waals surface area contributed by atoms with Crippen molar-refractivity contribution in [3.8, 4) is 0 Å². The lowest BCUT2D eigenvalue weighted by Gasteiger charge is -2.28. The first-order valence-corrected chi connectivity index (χ1v) is 13.3. The summed E-state index contributed by atoms with van der Waals surface area (Å²) in [5.41, 5.74) is 3.46. The van der Waals surface area contributed by atoms with Gasteiger partial charge in [-0.3, -0.25) is 4.79 Å². The number of aromatic nitrogens is 3. The van der Waals surface area contributed by atoms with Crippen LogP contribution in [0.25, 0.3) is 0 Å². The molecule has 33 heavy (non-hydrogen) atoms. The van der Waals surface area contributed by atoms with Gasteiger partial charge in [0.15, 0.2) is 15.0 Å². The molecule has 0 aliphatic carbocycles. The third-order valence-corrected chi connectivity index (χ3v) is 8.19. The van der Waals surface area contributed by atoms with E-state index in [1.165, 1.54) is 22.9 Å². The number of benzene rings is 2. The molecule has 1 aromatic heterocycles. The molecule has 3 aromatic rings. The van der Waals surface area contributed by atoms with E-state index in [2.05, 4.69) is 28.9 Å². The van der Waals surface area contributed by atoms with Crippen molar-refractivity contribution in [3.05, 3.63) is 83.7 Å². The summed E-state index contributed by atoms with van der Waals surface area (Å²) in [6.45, 7) is 7.33. The first kappa shape index (κ1) is 23.3. The third kappa shape index (κ3) is 5.36. The SMILES string of the molecule is C=CCn1c(CS(=O)(=O)c2ccc(C)cc2)nnc1SCC(=O)N1CCc2ccccc2C1. The van der Waals surface area contributed by atoms with E-state index in [-0.39, 0.29) is 22.3 Å². The number of nitrogens with zero attached hydrogens (tertiary/aromatic N) is 4. The van der Waals surface area contributed by atoms with Gasteiger partial charge in [0, 0.05) is 19.6 Å². The zero-order valence-corrected chi connectivity index (χ0v) is 20.1. The van der Waals surface area contributed by atoms with Gasteiger partial charge in [0.2, 0.25) is 5.91 Å². The lowest BCUT2D eigenvalue weighted by Crippen LogP contribution is -2.37. The number of carbonyl (C=O) groups excluding carboxylic acids is 1. The Labute approximate surface area is 198 Å². The molecule has 1 aliphatic heterocycles. The van der Waals surface area contributed by atoms with Crippen LogP contribution in [-0.4, -0.2) is 46.3 Å². The number of hydrogen-bond acceptors (Lipinski definition) is 6. The first-order valence-electron chi connectivity index (χ1n) is 10.7. The second kappa shape index (κ2) is 9.93. The molecule has 9 heteroatoms. The van der Waals surface area contributed by atoms with Gasteiger partial charge in [-0.25, -0.2) is 8.42 Å². The van der Waals surface area contributed by atoms with Gasteiger partial charge >= 0.3 is 0 Å². The summed E-state index contributed by atoms with van der Waals surface area (Å²) >= 11 is 1.27. The molecule has 0 unspecified atom stereocenters. The van der Waals surface area contributed by atoms with E-state index in [1.807, 2.05) is 24.0 Å². The Kier molecular flexibility index (Phi) is 6.99. The van der Waals surface area contributed by atoms with Gasteiger partial charge < -0.3 is 9.47 Å². The molecule has 0 spiro atoms. The molecule has 0 saturated heterocycles. The Morgan fingerprint density at radius 2 is 1.85 bits per heavy atom. The highest BCUT2D eigenvalue weighted by Crippen LogP contribution is 2.23. The maximum atomic E-state index is 12.9. The van der Waals surface area contributed by atoms with E-state index in [0.29, 0.717) is 30.6 Å². The summed E-state index contributed by atoms with van der Waals surface area (Å²) in [6, 6.07) is 14.9. The Balaban J connectivity index is 1.45. The monoisotopic (exact) mass is 482 g/mol. The third-order valence-electron chi connectivity index (χ3n) is 5.61. The number of aryl methyl sites for hydroxylation is 1. The molecule has 0 radical (unpaired) electrons. The summed E-state index contributed by atoms with van der Waals surface area (Å²) in [5, 5.41) is 8.81. The number of carbonyl (C=O) groups is 1. The molecule has 0 saturated carbocycles. The maximum absolute atomic E-state index is 12.9. The van der Waals surface area contributed by atoms with Crippen LogP contribution in [0.4, 0.5) is 0 Å². The standard InChI is InChI=1S/C24H26N4O3S2/c1-3-13-28-22(17-33(30,31)21-10-8-18(2)9-11-21)25-26-24(28)32-16-23(29)27-14-12-19-6-4-5-7-20(19)15-27/h3-11H,1,12-17H2,2H3. The second-order valence-electron chi connectivity index (χ2n) is 7.99. The molecule has 0 fully saturated rings. The van der Waals surface area contributed by atoms with Crippen LogP contribution in [0.3, 0.4) is 0 Å². The number of hydrogen-bond donors (Lipinski definition) is 0. The summed E-state index contributed by atoms with van der Waals surface area (Å²) < 4.78 is 27.5. The van der Waals surface area contributed by atoms with Crippen LogP contribution in [-0.2, 0) is 39.9 Å². The van der Waals surface area contributed by atoms with E-state index in [4.69, 9.17) is 0 Å². The summed E-state index contributed by atoms with van der Waals surface area (Å²) in [6.07, 6.45) is 2.51. The van der Waals surface area contributed by atoms with Crippen molar-refractivity contribution in [1.29, 1.82) is 0 Å². The van der Waals surface area contributed by atoms with Gasteiger partial charge in [-0.1, -0.05) is 59.8 Å². The minimum absolute atomic E-state index is 0.0245. The molecular weight excluding hydrogens is 456 g/mol. The van der Waals surface area contributed by atoms with Gasteiger partial charge in [0.1, 0.15) is 11.6 Å². The van der Waals surface area contributed by atoms with Gasteiger partial charge in [-0.05, 0) is 36.6 Å². The van der Waals surface area contributed by atoms with E-state index in [9.17, 15) is 13.2 Å². The average Bonchev–Trinajstić information content (AvgIpc) is 3.18. The zero-order valence-electron chi connectivity index (χ0n) is 18.5. The van der Waals surface area contributed by atoms with Gasteiger partial charge in [0.05, 0.1) is 10.6 Å². The van der Waals surface area contributed by atoms with E-state index in [1.54, 1.807) is 34.9 Å². The lowest BCUT2D eigenvalue weighted by atomic mass is 10.00. The largest absolute Gasteiger partial charge is 0.337 e. The van der Waals surface area contributed by atoms with Crippen LogP contribution in [0.2, 0.25) is 0 Å². The highest BCUT2D eigenvalue weighted by molar-refractivity contribution is 7.99. The number of allylic oxidation sites excluding steroid dienone is 1. The number of sulfone groups is 1. The van der Waals surface area contributed by atoms with E-state index in [0.717, 1.165) is 12.0 Å². The maximum Gasteiger partial charge on any atom is 0.233 e. The molecule has 0 bridgehead atoms. The predicted molar refractivity (Wildman–Crippen MR) is 129 cm³/mol. The van der Waals surface area contributed by atoms with E-state index < -0.39 is 9.84 Å². The summed E-state index contributed by atoms with van der Waals surface area (Å²) in [4.78, 5) is 14.9. The fourth-order valence-corrected chi connectivity index (χ4v) is 5.91. The van der Waals surface area contributed by atoms with Crippen LogP contribution >= 0.6 is 11.8 Å². The van der Waals surface area contributed by atoms with Crippen LogP contribution in [0.5, 0.6) is 0 Å². The fourth-order valence-electron chi connectivity index (χ4n) is 3.77. The van der Waals surface area contributed by atoms with Crippen LogP contribution < -0.4 is 0 Å². The Hall–Kier alpha value is -2.91. The Bertz CT molecular complexity index is 1270. The van der Waals surface area contributed by atoms with Gasteiger partial charge in [-0.2, -0.15) is 0 Å². The van der Waals surface area contributed by atoms with Crippen molar-refractivity contribution in [2.75, 3.05) is 12.3 Å². The smallest absolute Gasteiger partial charge is 0.233 e. The Morgan fingerprint density at radius 3 is 2.58 bits per heavy atom. The molecule has 4 rings (SSSR count). The number of fused-ring (bicyclic) bond motifs is 1. The molecule has 0 N–H and O–H groups in total. The quantitative estimate of drug-likeness (QED) is 0.361. The zero-order chi connectivity index (χ0) is 23.4. The van der Waals surface area contributed by atoms with Crippen molar-refractivity contribution in [3.63, 3.8) is 0 Å². The molecule has 1 aliphatic rings. The van der Waals surface area contributed by atoms with Crippen molar-refractivity contribution < 1.29 is 13.2 Å². The summed E-state index contributed by atoms with van der Waals surface area (Å²) in [7, 11) is -3.58. The molecule has 2 heterocycles. The second-order valence-corrected chi connectivity index (χ2v) is 10.9. The molecule has 172 valence electrons. The predicted octanol–water partition coefficient (Wildman–Crippen LogP) is 3.42. The summed E-state index contributed by atoms with van der Waals surface area (Å²) in [5.74, 6) is 0.296. The Morgan fingerprint density at radius 1 is 1.12 bits per heavy atom. The highest BCUT2D eigenvalue weighted by Gasteiger charge is 2.24. The number of amides is 1. The fraction of sp³-hybridized carbons (Fsp3) is 0.292. The molecule has 2 aromatic carbocycles. The minimum atomic E-state index is -3.58. The van der Waals surface area contributed by atoms with Crippen LogP contribution in [0, 0.1) is 6.92 Å². The van der Waals surface area contributed by atoms with Crippen LogP contribution in [0.15, 0.2) is 71.2 Å². The lowest BCUT2D eigenvalue weighted by molar-refractivity contribution is -0.129. The van der Waals surface area contributed by atoms with E-state index >= 15 is 0 Å². The van der Waals surface area contributed by atoms with Crippen molar-refractivity contribution in [1.82, 2.24) is 19.7 Å². The first-order chi connectivity index (χ1) is 15.9. The molecule has 1 amide bonds. The normalized spacial score (nSPS) is 13.5. The minimum Gasteiger partial charge on any atom is -0.337 e. The number of rotatable bonds is 8. The molecule has 0 atom stereocenters. The highest BCUT2D eigenvalue weighted by atomic mass is 32.2. The van der Waals surface area contributed by atoms with Gasteiger partial charge in [-0.15, -0.1) is 16.8 Å². The molecular formula is C24H26N4O3S2.